The van der Waals surface area contributed by atoms with Crippen LogP contribution in [-0.4, -0.2) is 59.3 Å². The van der Waals surface area contributed by atoms with Gasteiger partial charge in [0.2, 0.25) is 5.82 Å². The zero-order valence-electron chi connectivity index (χ0n) is 15.7. The maximum Gasteiger partial charge on any atom is 0.428 e. The van der Waals surface area contributed by atoms with Gasteiger partial charge in [-0.05, 0) is 24.3 Å². The van der Waals surface area contributed by atoms with Gasteiger partial charge in [0.1, 0.15) is 5.82 Å². The summed E-state index contributed by atoms with van der Waals surface area (Å²) in [7, 11) is 1.55. The van der Waals surface area contributed by atoms with E-state index < -0.39 is 6.09 Å². The fourth-order valence-electron chi connectivity index (χ4n) is 3.15. The van der Waals surface area contributed by atoms with E-state index in [4.69, 9.17) is 21.0 Å². The Labute approximate surface area is 172 Å². The largest absolute Gasteiger partial charge is 0.428 e. The van der Waals surface area contributed by atoms with Gasteiger partial charge in [0, 0.05) is 50.0 Å². The van der Waals surface area contributed by atoms with Gasteiger partial charge in [0.05, 0.1) is 5.56 Å². The van der Waals surface area contributed by atoms with Crippen molar-refractivity contribution in [2.24, 2.45) is 0 Å². The number of carbonyl (C=O) groups excluding carboxylic acids is 1. The molecule has 9 nitrogen and oxygen atoms in total. The predicted molar refractivity (Wildman–Crippen MR) is 107 cm³/mol. The van der Waals surface area contributed by atoms with Crippen LogP contribution in [0.5, 0.6) is 0 Å². The number of carbonyl (C=O) groups is 1. The lowest BCUT2D eigenvalue weighted by Gasteiger charge is -2.35. The average Bonchev–Trinajstić information content (AvgIpc) is 3.24. The molecule has 0 bridgehead atoms. The Kier molecular flexibility index (Phi) is 5.59. The summed E-state index contributed by atoms with van der Waals surface area (Å²) in [6, 6.07) is 11.0. The number of nitrogens with one attached hydrogen (secondary N) is 1. The minimum Gasteiger partial charge on any atom is -0.354 e. The number of anilines is 1. The van der Waals surface area contributed by atoms with Crippen LogP contribution in [0, 0.1) is 0 Å². The Morgan fingerprint density at radius 2 is 2.03 bits per heavy atom. The predicted octanol–water partition coefficient (Wildman–Crippen LogP) is 2.85. The molecule has 0 aliphatic carbocycles. The van der Waals surface area contributed by atoms with Crippen molar-refractivity contribution in [2.45, 2.75) is 0 Å². The van der Waals surface area contributed by atoms with Crippen molar-refractivity contribution >= 4 is 23.5 Å². The summed E-state index contributed by atoms with van der Waals surface area (Å²) in [6.07, 6.45) is 1.32. The van der Waals surface area contributed by atoms with Crippen molar-refractivity contribution in [3.63, 3.8) is 0 Å². The molecule has 0 atom stereocenters. The minimum atomic E-state index is -0.392. The number of nitrogens with zero attached hydrogens (tertiary/aromatic N) is 5. The number of hydrogen-bond donors (Lipinski definition) is 1. The summed E-state index contributed by atoms with van der Waals surface area (Å²) in [6.45, 7) is 2.26. The molecule has 150 valence electrons. The number of halogens is 1. The molecule has 3 heterocycles. The van der Waals surface area contributed by atoms with E-state index in [0.29, 0.717) is 42.9 Å². The van der Waals surface area contributed by atoms with E-state index in [1.807, 2.05) is 24.3 Å². The van der Waals surface area contributed by atoms with Crippen LogP contribution in [0.3, 0.4) is 0 Å². The molecule has 1 aliphatic rings. The summed E-state index contributed by atoms with van der Waals surface area (Å²) in [5.74, 6) is 1.56. The molecule has 1 N–H and O–H groups in total. The van der Waals surface area contributed by atoms with Crippen LogP contribution < -0.4 is 10.4 Å². The lowest BCUT2D eigenvalue weighted by Crippen LogP contribution is -2.50. The lowest BCUT2D eigenvalue weighted by atomic mass is 10.2. The van der Waals surface area contributed by atoms with Crippen molar-refractivity contribution in [1.82, 2.24) is 25.5 Å². The molecule has 1 fully saturated rings. The highest BCUT2D eigenvalue weighted by Crippen LogP contribution is 2.30. The molecular formula is C19H19ClN6O3. The van der Waals surface area contributed by atoms with Crippen LogP contribution in [0.25, 0.3) is 22.8 Å². The van der Waals surface area contributed by atoms with Crippen LogP contribution in [0.15, 0.2) is 47.1 Å². The monoisotopic (exact) mass is 414 g/mol. The van der Waals surface area contributed by atoms with E-state index >= 15 is 0 Å². The highest BCUT2D eigenvalue weighted by atomic mass is 35.5. The van der Waals surface area contributed by atoms with E-state index in [0.717, 1.165) is 16.9 Å². The Morgan fingerprint density at radius 1 is 1.21 bits per heavy atom. The molecule has 29 heavy (non-hydrogen) atoms. The van der Waals surface area contributed by atoms with Crippen molar-refractivity contribution in [2.75, 3.05) is 38.1 Å². The first-order chi connectivity index (χ1) is 14.2. The van der Waals surface area contributed by atoms with Gasteiger partial charge in [0.25, 0.3) is 5.89 Å². The molecule has 1 aromatic carbocycles. The zero-order chi connectivity index (χ0) is 20.2. The Hall–Kier alpha value is -3.17. The third-order valence-electron chi connectivity index (χ3n) is 4.55. The van der Waals surface area contributed by atoms with Crippen molar-refractivity contribution in [1.29, 1.82) is 0 Å². The second kappa shape index (κ2) is 8.46. The summed E-state index contributed by atoms with van der Waals surface area (Å²) < 4.78 is 5.50. The van der Waals surface area contributed by atoms with E-state index in [1.165, 1.54) is 0 Å². The fourth-order valence-corrected chi connectivity index (χ4v) is 3.34. The molecule has 0 radical (unpaired) electrons. The maximum absolute atomic E-state index is 11.9. The van der Waals surface area contributed by atoms with E-state index in [-0.39, 0.29) is 0 Å². The Bertz CT molecular complexity index is 1000. The highest BCUT2D eigenvalue weighted by molar-refractivity contribution is 6.30. The van der Waals surface area contributed by atoms with Gasteiger partial charge < -0.3 is 19.2 Å². The van der Waals surface area contributed by atoms with Gasteiger partial charge in [0.15, 0.2) is 0 Å². The third-order valence-corrected chi connectivity index (χ3v) is 4.79. The van der Waals surface area contributed by atoms with Gasteiger partial charge in [-0.25, -0.2) is 9.78 Å². The highest BCUT2D eigenvalue weighted by Gasteiger charge is 2.26. The van der Waals surface area contributed by atoms with Gasteiger partial charge in [-0.1, -0.05) is 28.9 Å². The number of hydrogen-bond acceptors (Lipinski definition) is 8. The third kappa shape index (κ3) is 4.15. The number of rotatable bonds is 4. The van der Waals surface area contributed by atoms with Gasteiger partial charge in [-0.15, -0.1) is 0 Å². The standard InChI is InChI=1S/C19H19ClN6O3/c1-21-29-19(27)26-10-8-25(9-11-26)17-15(6-3-7-22-17)18-23-16(24-28-18)13-4-2-5-14(20)12-13/h2-7,12,21H,8-11H2,1H3. The molecule has 0 unspecified atom stereocenters. The van der Waals surface area contributed by atoms with Crippen LogP contribution >= 0.6 is 11.6 Å². The molecule has 0 saturated carbocycles. The number of piperazine rings is 1. The molecule has 1 amide bonds. The molecule has 2 aromatic heterocycles. The van der Waals surface area contributed by atoms with Gasteiger partial charge in [-0.3, -0.25) is 0 Å². The summed E-state index contributed by atoms with van der Waals surface area (Å²) >= 11 is 6.06. The quantitative estimate of drug-likeness (QED) is 0.651. The van der Waals surface area contributed by atoms with Crippen LogP contribution in [0.2, 0.25) is 5.02 Å². The zero-order valence-corrected chi connectivity index (χ0v) is 16.5. The van der Waals surface area contributed by atoms with Gasteiger partial charge >= 0.3 is 6.09 Å². The van der Waals surface area contributed by atoms with Crippen molar-refractivity contribution < 1.29 is 14.2 Å². The number of benzene rings is 1. The summed E-state index contributed by atoms with van der Waals surface area (Å²) in [5, 5.41) is 4.68. The number of pyridine rings is 1. The molecule has 4 rings (SSSR count). The van der Waals surface area contributed by atoms with Crippen LogP contribution in [0.1, 0.15) is 0 Å². The Morgan fingerprint density at radius 3 is 2.79 bits per heavy atom. The first kappa shape index (κ1) is 19.2. The smallest absolute Gasteiger partial charge is 0.354 e. The summed E-state index contributed by atoms with van der Waals surface area (Å²) in [5.41, 5.74) is 3.91. The second-order valence-electron chi connectivity index (χ2n) is 6.35. The van der Waals surface area contributed by atoms with Gasteiger partial charge in [-0.2, -0.15) is 10.5 Å². The van der Waals surface area contributed by atoms with Crippen LogP contribution in [-0.2, 0) is 4.84 Å². The molecule has 0 spiro atoms. The molecule has 10 heteroatoms. The van der Waals surface area contributed by atoms with Crippen LogP contribution in [0.4, 0.5) is 10.6 Å². The number of amides is 1. The van der Waals surface area contributed by atoms with Crippen molar-refractivity contribution in [3.05, 3.63) is 47.6 Å². The molecule has 1 aliphatic heterocycles. The average molecular weight is 415 g/mol. The Balaban J connectivity index is 1.55. The summed E-state index contributed by atoms with van der Waals surface area (Å²) in [4.78, 5) is 29.4. The van der Waals surface area contributed by atoms with E-state index in [2.05, 4.69) is 25.5 Å². The normalized spacial score (nSPS) is 14.1. The first-order valence-corrected chi connectivity index (χ1v) is 9.46. The SMILES string of the molecule is CNOC(=O)N1CCN(c2ncccc2-c2nc(-c3cccc(Cl)c3)no2)CC1. The fraction of sp³-hybridized carbons (Fsp3) is 0.263. The maximum atomic E-state index is 11.9. The second-order valence-corrected chi connectivity index (χ2v) is 6.79. The topological polar surface area (TPSA) is 96.6 Å². The minimum absolute atomic E-state index is 0.375. The van der Waals surface area contributed by atoms with Crippen molar-refractivity contribution in [3.8, 4) is 22.8 Å². The van der Waals surface area contributed by atoms with E-state index in [1.54, 1.807) is 30.3 Å². The first-order valence-electron chi connectivity index (χ1n) is 9.08. The van der Waals surface area contributed by atoms with E-state index in [9.17, 15) is 4.79 Å². The number of aromatic nitrogens is 3. The lowest BCUT2D eigenvalue weighted by molar-refractivity contribution is 0.0637. The molecule has 3 aromatic rings. The molecule has 1 saturated heterocycles. The number of hydroxylamine groups is 1. The molecular weight excluding hydrogens is 396 g/mol.